The summed E-state index contributed by atoms with van der Waals surface area (Å²) in [6.07, 6.45) is 2.79. The molecular formula is C21H19Cl2N7. The van der Waals surface area contributed by atoms with E-state index in [1.165, 1.54) is 11.1 Å². The number of nitrogens with one attached hydrogen (secondary N) is 3. The third-order valence-electron chi connectivity index (χ3n) is 5.14. The number of fused-ring (bicyclic) bond motifs is 2. The fourth-order valence-corrected chi connectivity index (χ4v) is 4.11. The van der Waals surface area contributed by atoms with Crippen LogP contribution in [0.1, 0.15) is 11.1 Å². The van der Waals surface area contributed by atoms with Crippen LogP contribution < -0.4 is 16.0 Å². The molecule has 0 amide bonds. The average Bonchev–Trinajstić information content (AvgIpc) is 3.06. The van der Waals surface area contributed by atoms with Gasteiger partial charge in [0.25, 0.3) is 0 Å². The molecule has 2 aromatic heterocycles. The summed E-state index contributed by atoms with van der Waals surface area (Å²) in [5.41, 5.74) is 4.94. The Balaban J connectivity index is 1.45. The predicted octanol–water partition coefficient (Wildman–Crippen LogP) is 4.80. The molecule has 0 aliphatic carbocycles. The molecule has 9 heteroatoms. The predicted molar refractivity (Wildman–Crippen MR) is 121 cm³/mol. The Hall–Kier alpha value is -2.87. The highest BCUT2D eigenvalue weighted by atomic mass is 35.5. The van der Waals surface area contributed by atoms with Crippen molar-refractivity contribution in [3.8, 4) is 0 Å². The van der Waals surface area contributed by atoms with Crippen molar-refractivity contribution in [1.82, 2.24) is 25.1 Å². The quantitative estimate of drug-likeness (QED) is 0.423. The summed E-state index contributed by atoms with van der Waals surface area (Å²) in [5.74, 6) is 1.10. The number of nitrogens with zero attached hydrogens (tertiary/aromatic N) is 4. The summed E-state index contributed by atoms with van der Waals surface area (Å²) in [5, 5.41) is 16.2. The van der Waals surface area contributed by atoms with Gasteiger partial charge in [-0.05, 0) is 48.4 Å². The van der Waals surface area contributed by atoms with Crippen molar-refractivity contribution in [2.45, 2.75) is 13.0 Å². The van der Waals surface area contributed by atoms with Crippen LogP contribution in [0.2, 0.25) is 10.0 Å². The number of anilines is 4. The number of hydrogen-bond donors (Lipinski definition) is 3. The van der Waals surface area contributed by atoms with E-state index in [-0.39, 0.29) is 0 Å². The monoisotopic (exact) mass is 439 g/mol. The van der Waals surface area contributed by atoms with Crippen molar-refractivity contribution in [3.05, 3.63) is 63.8 Å². The van der Waals surface area contributed by atoms with Gasteiger partial charge in [-0.3, -0.25) is 0 Å². The van der Waals surface area contributed by atoms with Gasteiger partial charge in [0, 0.05) is 25.5 Å². The molecule has 30 heavy (non-hydrogen) atoms. The highest BCUT2D eigenvalue weighted by Gasteiger charge is 2.15. The summed E-state index contributed by atoms with van der Waals surface area (Å²) in [7, 11) is 1.84. The molecule has 5 rings (SSSR count). The number of rotatable bonds is 4. The van der Waals surface area contributed by atoms with Crippen LogP contribution in [0.4, 0.5) is 23.1 Å². The first-order valence-electron chi connectivity index (χ1n) is 9.59. The van der Waals surface area contributed by atoms with Crippen molar-refractivity contribution in [3.63, 3.8) is 0 Å². The number of para-hydroxylation sites is 1. The van der Waals surface area contributed by atoms with Crippen molar-refractivity contribution in [2.24, 2.45) is 7.05 Å². The molecule has 0 bridgehead atoms. The number of aryl methyl sites for hydroxylation is 1. The minimum Gasteiger partial charge on any atom is -0.336 e. The second kappa shape index (κ2) is 7.75. The van der Waals surface area contributed by atoms with Gasteiger partial charge in [0.1, 0.15) is 0 Å². The van der Waals surface area contributed by atoms with E-state index < -0.39 is 0 Å². The molecule has 0 spiro atoms. The zero-order valence-corrected chi connectivity index (χ0v) is 17.7. The zero-order chi connectivity index (χ0) is 20.7. The van der Waals surface area contributed by atoms with Gasteiger partial charge in [0.05, 0.1) is 21.1 Å². The molecule has 3 N–H and O–H groups in total. The maximum atomic E-state index is 6.28. The van der Waals surface area contributed by atoms with E-state index in [2.05, 4.69) is 49.2 Å². The van der Waals surface area contributed by atoms with Crippen LogP contribution in [0.5, 0.6) is 0 Å². The van der Waals surface area contributed by atoms with Gasteiger partial charge in [0.15, 0.2) is 11.5 Å². The second-order valence-corrected chi connectivity index (χ2v) is 7.97. The average molecular weight is 440 g/mol. The minimum absolute atomic E-state index is 0.511. The SMILES string of the molecule is Cn1nc(Nc2c(Cl)cccc2Cl)c2cnc(Nc3ccc4c(c3)CNCC4)nc21. The third-order valence-corrected chi connectivity index (χ3v) is 5.77. The summed E-state index contributed by atoms with van der Waals surface area (Å²) < 4.78 is 1.70. The van der Waals surface area contributed by atoms with E-state index in [1.54, 1.807) is 29.1 Å². The molecule has 3 heterocycles. The lowest BCUT2D eigenvalue weighted by atomic mass is 10.0. The molecule has 1 aliphatic heterocycles. The number of hydrogen-bond acceptors (Lipinski definition) is 6. The molecule has 152 valence electrons. The van der Waals surface area contributed by atoms with Gasteiger partial charge in [0.2, 0.25) is 5.95 Å². The smallest absolute Gasteiger partial charge is 0.229 e. The van der Waals surface area contributed by atoms with Gasteiger partial charge >= 0.3 is 0 Å². The molecular weight excluding hydrogens is 421 g/mol. The molecule has 7 nitrogen and oxygen atoms in total. The Morgan fingerprint density at radius 1 is 1.07 bits per heavy atom. The fourth-order valence-electron chi connectivity index (χ4n) is 3.61. The van der Waals surface area contributed by atoms with Crippen molar-refractivity contribution >= 4 is 57.4 Å². The minimum atomic E-state index is 0.511. The fraction of sp³-hybridized carbons (Fsp3) is 0.190. The lowest BCUT2D eigenvalue weighted by molar-refractivity contribution is 0.644. The maximum absolute atomic E-state index is 6.28. The van der Waals surface area contributed by atoms with Crippen LogP contribution in [-0.4, -0.2) is 26.3 Å². The van der Waals surface area contributed by atoms with E-state index in [0.717, 1.165) is 30.6 Å². The van der Waals surface area contributed by atoms with Crippen LogP contribution in [0.3, 0.4) is 0 Å². The zero-order valence-electron chi connectivity index (χ0n) is 16.2. The summed E-state index contributed by atoms with van der Waals surface area (Å²) >= 11 is 12.6. The van der Waals surface area contributed by atoms with Crippen LogP contribution >= 0.6 is 23.2 Å². The summed E-state index contributed by atoms with van der Waals surface area (Å²) in [6, 6.07) is 11.7. The second-order valence-electron chi connectivity index (χ2n) is 7.16. The first-order chi connectivity index (χ1) is 14.6. The highest BCUT2D eigenvalue weighted by Crippen LogP contribution is 2.34. The molecule has 0 radical (unpaired) electrons. The molecule has 0 unspecified atom stereocenters. The standard InChI is InChI=1S/C21H19Cl2N7/c1-30-20-15(19(29-30)27-18-16(22)3-2-4-17(18)23)11-25-21(28-20)26-14-6-5-12-7-8-24-10-13(12)9-14/h2-6,9,11,24H,7-8,10H2,1H3,(H,27,29)(H,25,26,28). The Labute approximate surface area is 183 Å². The third kappa shape index (κ3) is 3.56. The van der Waals surface area contributed by atoms with E-state index in [9.17, 15) is 0 Å². The number of aromatic nitrogens is 4. The highest BCUT2D eigenvalue weighted by molar-refractivity contribution is 6.39. The van der Waals surface area contributed by atoms with Crippen LogP contribution in [-0.2, 0) is 20.0 Å². The van der Waals surface area contributed by atoms with Crippen LogP contribution in [0.15, 0.2) is 42.6 Å². The molecule has 4 aromatic rings. The van der Waals surface area contributed by atoms with E-state index in [0.29, 0.717) is 33.1 Å². The molecule has 0 saturated carbocycles. The van der Waals surface area contributed by atoms with E-state index >= 15 is 0 Å². The van der Waals surface area contributed by atoms with Gasteiger partial charge in [-0.2, -0.15) is 10.1 Å². The normalized spacial score (nSPS) is 13.3. The molecule has 0 atom stereocenters. The van der Waals surface area contributed by atoms with Crippen molar-refractivity contribution in [1.29, 1.82) is 0 Å². The molecule has 1 aliphatic rings. The molecule has 0 fully saturated rings. The first kappa shape index (κ1) is 19.1. The first-order valence-corrected chi connectivity index (χ1v) is 10.3. The van der Waals surface area contributed by atoms with Gasteiger partial charge < -0.3 is 16.0 Å². The largest absolute Gasteiger partial charge is 0.336 e. The number of benzene rings is 2. The summed E-state index contributed by atoms with van der Waals surface area (Å²) in [6.45, 7) is 1.90. The van der Waals surface area contributed by atoms with E-state index in [4.69, 9.17) is 23.2 Å². The molecule has 0 saturated heterocycles. The van der Waals surface area contributed by atoms with Crippen LogP contribution in [0.25, 0.3) is 11.0 Å². The molecule has 2 aromatic carbocycles. The Bertz CT molecular complexity index is 1230. The van der Waals surface area contributed by atoms with Crippen molar-refractivity contribution in [2.75, 3.05) is 17.2 Å². The maximum Gasteiger partial charge on any atom is 0.229 e. The Morgan fingerprint density at radius 2 is 1.90 bits per heavy atom. The lowest BCUT2D eigenvalue weighted by Crippen LogP contribution is -2.23. The van der Waals surface area contributed by atoms with Gasteiger partial charge in [-0.25, -0.2) is 9.67 Å². The topological polar surface area (TPSA) is 79.7 Å². The lowest BCUT2D eigenvalue weighted by Gasteiger charge is -2.18. The Kier molecular flexibility index (Phi) is 4.94. The summed E-state index contributed by atoms with van der Waals surface area (Å²) in [4.78, 5) is 9.12. The Morgan fingerprint density at radius 3 is 2.73 bits per heavy atom. The number of halogens is 2. The van der Waals surface area contributed by atoms with Crippen LogP contribution in [0, 0.1) is 0 Å². The van der Waals surface area contributed by atoms with Gasteiger partial charge in [-0.1, -0.05) is 35.3 Å². The van der Waals surface area contributed by atoms with Crippen molar-refractivity contribution < 1.29 is 0 Å². The van der Waals surface area contributed by atoms with Gasteiger partial charge in [-0.15, -0.1) is 0 Å². The van der Waals surface area contributed by atoms with E-state index in [1.807, 2.05) is 7.05 Å².